The number of fused-ring (bicyclic) bond motifs is 1. The minimum absolute atomic E-state index is 0.0552. The number of hydrogen-bond donors (Lipinski definition) is 1. The molecule has 5 nitrogen and oxygen atoms in total. The van der Waals surface area contributed by atoms with Crippen LogP contribution in [-0.4, -0.2) is 28.3 Å². The molecule has 1 heterocycles. The number of anilines is 1. The third-order valence-electron chi connectivity index (χ3n) is 4.73. The fraction of sp³-hybridized carbons (Fsp3) is 0.130. The van der Waals surface area contributed by atoms with Gasteiger partial charge >= 0.3 is 0 Å². The Morgan fingerprint density at radius 3 is 2.62 bits per heavy atom. The third-order valence-corrected chi connectivity index (χ3v) is 5.77. The van der Waals surface area contributed by atoms with Gasteiger partial charge < -0.3 is 14.6 Å². The first kappa shape index (κ1) is 19.1. The molecular formula is C23H21N3O2S. The van der Waals surface area contributed by atoms with Crippen molar-refractivity contribution in [2.24, 2.45) is 7.05 Å². The molecule has 6 heteroatoms. The highest BCUT2D eigenvalue weighted by Gasteiger charge is 2.12. The Hall–Kier alpha value is -3.25. The van der Waals surface area contributed by atoms with Crippen LogP contribution in [0.25, 0.3) is 22.0 Å². The number of nitrogens with one attached hydrogen (secondary N) is 1. The highest BCUT2D eigenvalue weighted by atomic mass is 32.2. The SMILES string of the molecule is COc1ccc(-c2cnc(SCC(=O)Nc3cccc4ccccc34)n2C)cc1. The van der Waals surface area contributed by atoms with E-state index in [0.717, 1.165) is 38.6 Å². The predicted molar refractivity (Wildman–Crippen MR) is 118 cm³/mol. The molecule has 29 heavy (non-hydrogen) atoms. The smallest absolute Gasteiger partial charge is 0.234 e. The molecule has 0 unspecified atom stereocenters. The summed E-state index contributed by atoms with van der Waals surface area (Å²) in [5.41, 5.74) is 2.87. The van der Waals surface area contributed by atoms with E-state index in [0.29, 0.717) is 0 Å². The van der Waals surface area contributed by atoms with Gasteiger partial charge in [0.15, 0.2) is 5.16 Å². The number of thioether (sulfide) groups is 1. The summed E-state index contributed by atoms with van der Waals surface area (Å²) in [6.07, 6.45) is 1.83. The molecule has 146 valence electrons. The second-order valence-corrected chi connectivity index (χ2v) is 7.52. The predicted octanol–water partition coefficient (Wildman–Crippen LogP) is 4.98. The number of hydrogen-bond acceptors (Lipinski definition) is 4. The van der Waals surface area contributed by atoms with Crippen molar-refractivity contribution >= 4 is 34.1 Å². The number of imidazole rings is 1. The zero-order chi connectivity index (χ0) is 20.2. The molecule has 0 spiro atoms. The Morgan fingerprint density at radius 1 is 1.07 bits per heavy atom. The summed E-state index contributed by atoms with van der Waals surface area (Å²) in [6, 6.07) is 21.8. The minimum Gasteiger partial charge on any atom is -0.497 e. The maximum Gasteiger partial charge on any atom is 0.234 e. The van der Waals surface area contributed by atoms with Crippen LogP contribution in [0, 0.1) is 0 Å². The van der Waals surface area contributed by atoms with E-state index < -0.39 is 0 Å². The molecule has 1 N–H and O–H groups in total. The van der Waals surface area contributed by atoms with Gasteiger partial charge in [0.05, 0.1) is 24.8 Å². The van der Waals surface area contributed by atoms with Gasteiger partial charge in [0.1, 0.15) is 5.75 Å². The van der Waals surface area contributed by atoms with Crippen LogP contribution in [-0.2, 0) is 11.8 Å². The van der Waals surface area contributed by atoms with E-state index in [9.17, 15) is 4.79 Å². The van der Waals surface area contributed by atoms with Crippen LogP contribution in [0.5, 0.6) is 5.75 Å². The first-order valence-electron chi connectivity index (χ1n) is 9.22. The van der Waals surface area contributed by atoms with E-state index in [2.05, 4.69) is 10.3 Å². The molecule has 0 fully saturated rings. The summed E-state index contributed by atoms with van der Waals surface area (Å²) < 4.78 is 7.21. The minimum atomic E-state index is -0.0552. The average molecular weight is 404 g/mol. The monoisotopic (exact) mass is 403 g/mol. The lowest BCUT2D eigenvalue weighted by atomic mass is 10.1. The summed E-state index contributed by atoms with van der Waals surface area (Å²) in [4.78, 5) is 17.0. The Morgan fingerprint density at radius 2 is 1.83 bits per heavy atom. The fourth-order valence-electron chi connectivity index (χ4n) is 3.21. The van der Waals surface area contributed by atoms with Gasteiger partial charge in [-0.05, 0) is 35.7 Å². The van der Waals surface area contributed by atoms with Gasteiger partial charge in [0.2, 0.25) is 5.91 Å². The van der Waals surface area contributed by atoms with Crippen molar-refractivity contribution in [3.05, 3.63) is 72.9 Å². The molecule has 0 saturated heterocycles. The molecule has 0 saturated carbocycles. The van der Waals surface area contributed by atoms with Crippen molar-refractivity contribution in [3.63, 3.8) is 0 Å². The summed E-state index contributed by atoms with van der Waals surface area (Å²) >= 11 is 1.42. The van der Waals surface area contributed by atoms with Crippen LogP contribution in [0.4, 0.5) is 5.69 Å². The Bertz CT molecular complexity index is 1150. The van der Waals surface area contributed by atoms with E-state index >= 15 is 0 Å². The van der Waals surface area contributed by atoms with Crippen LogP contribution >= 0.6 is 11.8 Å². The van der Waals surface area contributed by atoms with Crippen molar-refractivity contribution in [2.75, 3.05) is 18.2 Å². The molecule has 1 aromatic heterocycles. The van der Waals surface area contributed by atoms with E-state index in [1.54, 1.807) is 7.11 Å². The molecule has 3 aromatic carbocycles. The van der Waals surface area contributed by atoms with Gasteiger partial charge in [-0.2, -0.15) is 0 Å². The summed E-state index contributed by atoms with van der Waals surface area (Å²) in [5, 5.41) is 5.95. The zero-order valence-electron chi connectivity index (χ0n) is 16.3. The van der Waals surface area contributed by atoms with Gasteiger partial charge in [-0.15, -0.1) is 0 Å². The van der Waals surface area contributed by atoms with Crippen molar-refractivity contribution in [1.82, 2.24) is 9.55 Å². The lowest BCUT2D eigenvalue weighted by Gasteiger charge is -2.09. The molecule has 0 aliphatic heterocycles. The Balaban J connectivity index is 1.43. The lowest BCUT2D eigenvalue weighted by molar-refractivity contribution is -0.113. The number of methoxy groups -OCH3 is 1. The van der Waals surface area contributed by atoms with Gasteiger partial charge in [-0.1, -0.05) is 48.2 Å². The van der Waals surface area contributed by atoms with Crippen molar-refractivity contribution < 1.29 is 9.53 Å². The summed E-state index contributed by atoms with van der Waals surface area (Å²) in [7, 11) is 3.61. The second kappa shape index (κ2) is 8.41. The van der Waals surface area contributed by atoms with E-state index in [-0.39, 0.29) is 11.7 Å². The maximum absolute atomic E-state index is 12.5. The molecule has 4 rings (SSSR count). The quantitative estimate of drug-likeness (QED) is 0.461. The average Bonchev–Trinajstić information content (AvgIpc) is 3.13. The maximum atomic E-state index is 12.5. The standard InChI is InChI=1S/C23H21N3O2S/c1-26-21(17-10-12-18(28-2)13-11-17)14-24-23(26)29-15-22(27)25-20-9-5-7-16-6-3-4-8-19(16)20/h3-14H,15H2,1-2H3,(H,25,27). The Labute approximate surface area is 173 Å². The number of ether oxygens (including phenoxy) is 1. The van der Waals surface area contributed by atoms with Gasteiger partial charge in [0, 0.05) is 23.7 Å². The number of amides is 1. The molecule has 1 amide bonds. The van der Waals surface area contributed by atoms with E-state index in [1.807, 2.05) is 84.5 Å². The third kappa shape index (κ3) is 4.12. The molecule has 0 atom stereocenters. The van der Waals surface area contributed by atoms with Gasteiger partial charge in [-0.3, -0.25) is 4.79 Å². The first-order valence-corrected chi connectivity index (χ1v) is 10.2. The fourth-order valence-corrected chi connectivity index (χ4v) is 3.96. The second-order valence-electron chi connectivity index (χ2n) is 6.58. The first-order chi connectivity index (χ1) is 14.2. The van der Waals surface area contributed by atoms with Crippen molar-refractivity contribution in [1.29, 1.82) is 0 Å². The summed E-state index contributed by atoms with van der Waals surface area (Å²) in [5.74, 6) is 1.05. The van der Waals surface area contributed by atoms with Crippen LogP contribution in [0.1, 0.15) is 0 Å². The number of carbonyl (C=O) groups is 1. The number of nitrogens with zero attached hydrogens (tertiary/aromatic N) is 2. The van der Waals surface area contributed by atoms with Gasteiger partial charge in [0.25, 0.3) is 0 Å². The zero-order valence-corrected chi connectivity index (χ0v) is 17.1. The number of carbonyl (C=O) groups excluding carboxylic acids is 1. The number of aromatic nitrogens is 2. The van der Waals surface area contributed by atoms with Crippen molar-refractivity contribution in [2.45, 2.75) is 5.16 Å². The molecule has 0 radical (unpaired) electrons. The van der Waals surface area contributed by atoms with Crippen LogP contribution in [0.2, 0.25) is 0 Å². The molecular weight excluding hydrogens is 382 g/mol. The number of benzene rings is 3. The van der Waals surface area contributed by atoms with Crippen LogP contribution in [0.3, 0.4) is 0 Å². The Kier molecular flexibility index (Phi) is 5.53. The highest BCUT2D eigenvalue weighted by molar-refractivity contribution is 7.99. The van der Waals surface area contributed by atoms with Gasteiger partial charge in [-0.25, -0.2) is 4.98 Å². The lowest BCUT2D eigenvalue weighted by Crippen LogP contribution is -2.14. The van der Waals surface area contributed by atoms with Crippen molar-refractivity contribution in [3.8, 4) is 17.0 Å². The molecule has 0 bridgehead atoms. The summed E-state index contributed by atoms with van der Waals surface area (Å²) in [6.45, 7) is 0. The largest absolute Gasteiger partial charge is 0.497 e. The van der Waals surface area contributed by atoms with E-state index in [4.69, 9.17) is 4.74 Å². The van der Waals surface area contributed by atoms with Crippen LogP contribution < -0.4 is 10.1 Å². The number of rotatable bonds is 6. The van der Waals surface area contributed by atoms with Crippen LogP contribution in [0.15, 0.2) is 78.1 Å². The highest BCUT2D eigenvalue weighted by Crippen LogP contribution is 2.27. The van der Waals surface area contributed by atoms with E-state index in [1.165, 1.54) is 11.8 Å². The topological polar surface area (TPSA) is 56.1 Å². The molecule has 0 aliphatic carbocycles. The molecule has 0 aliphatic rings. The normalized spacial score (nSPS) is 10.8. The molecule has 4 aromatic rings.